The maximum Gasteiger partial charge on any atom is 0.169 e. The molecule has 2 aromatic carbocycles. The topological polar surface area (TPSA) is 52.0 Å². The smallest absolute Gasteiger partial charge is 0.169 e. The van der Waals surface area contributed by atoms with E-state index < -0.39 is 0 Å². The van der Waals surface area contributed by atoms with Crippen molar-refractivity contribution >= 4 is 5.82 Å². The van der Waals surface area contributed by atoms with Crippen molar-refractivity contribution in [2.45, 2.75) is 13.3 Å². The molecule has 0 aliphatic rings. The van der Waals surface area contributed by atoms with E-state index in [0.29, 0.717) is 0 Å². The van der Waals surface area contributed by atoms with Crippen LogP contribution in [0.5, 0.6) is 5.75 Å². The normalized spacial score (nSPS) is 10.5. The fourth-order valence-corrected chi connectivity index (χ4v) is 2.42. The Bertz CT molecular complexity index is 765. The van der Waals surface area contributed by atoms with Crippen molar-refractivity contribution < 1.29 is 4.74 Å². The van der Waals surface area contributed by atoms with Crippen LogP contribution in [0.4, 0.5) is 5.82 Å². The summed E-state index contributed by atoms with van der Waals surface area (Å²) in [6, 6.07) is 16.1. The molecule has 1 N–H and O–H groups in total. The lowest BCUT2D eigenvalue weighted by Crippen LogP contribution is -2.06. The van der Waals surface area contributed by atoms with E-state index in [4.69, 9.17) is 4.74 Å². The van der Waals surface area contributed by atoms with Crippen molar-refractivity contribution in [2.24, 2.45) is 0 Å². The third-order valence-electron chi connectivity index (χ3n) is 3.79. The highest BCUT2D eigenvalue weighted by Crippen LogP contribution is 2.15. The minimum atomic E-state index is 0.773. The molecule has 0 fully saturated rings. The molecule has 0 saturated carbocycles. The van der Waals surface area contributed by atoms with Crippen molar-refractivity contribution in [3.8, 4) is 11.4 Å². The van der Waals surface area contributed by atoms with Gasteiger partial charge in [0.15, 0.2) is 5.82 Å². The molecule has 0 unspecified atom stereocenters. The molecule has 0 aliphatic heterocycles. The van der Waals surface area contributed by atoms with Gasteiger partial charge in [-0.3, -0.25) is 0 Å². The van der Waals surface area contributed by atoms with Gasteiger partial charge in [0, 0.05) is 6.54 Å². The molecule has 0 spiro atoms. The van der Waals surface area contributed by atoms with Gasteiger partial charge in [-0.25, -0.2) is 4.68 Å². The highest BCUT2D eigenvalue weighted by Gasteiger charge is 2.03. The molecule has 118 valence electrons. The van der Waals surface area contributed by atoms with Gasteiger partial charge in [-0.1, -0.05) is 29.5 Å². The van der Waals surface area contributed by atoms with Crippen LogP contribution in [0.1, 0.15) is 11.1 Å². The summed E-state index contributed by atoms with van der Waals surface area (Å²) in [5, 5.41) is 11.6. The predicted octanol–water partition coefficient (Wildman–Crippen LogP) is 3.24. The summed E-state index contributed by atoms with van der Waals surface area (Å²) in [6.45, 7) is 2.96. The van der Waals surface area contributed by atoms with Gasteiger partial charge < -0.3 is 10.1 Å². The highest BCUT2D eigenvalue weighted by molar-refractivity contribution is 5.40. The van der Waals surface area contributed by atoms with Gasteiger partial charge in [0.1, 0.15) is 5.75 Å². The molecule has 23 heavy (non-hydrogen) atoms. The molecule has 3 rings (SSSR count). The first-order valence-corrected chi connectivity index (χ1v) is 7.61. The van der Waals surface area contributed by atoms with E-state index in [1.807, 2.05) is 30.5 Å². The van der Waals surface area contributed by atoms with Gasteiger partial charge in [-0.05, 0) is 48.7 Å². The average molecular weight is 308 g/mol. The molecule has 0 bridgehead atoms. The molecule has 0 amide bonds. The van der Waals surface area contributed by atoms with Crippen molar-refractivity contribution in [2.75, 3.05) is 19.0 Å². The fourth-order valence-electron chi connectivity index (χ4n) is 2.42. The lowest BCUT2D eigenvalue weighted by molar-refractivity contribution is 0.414. The zero-order chi connectivity index (χ0) is 16.1. The van der Waals surface area contributed by atoms with Crippen molar-refractivity contribution in [3.63, 3.8) is 0 Å². The first-order chi connectivity index (χ1) is 11.3. The summed E-state index contributed by atoms with van der Waals surface area (Å²) < 4.78 is 6.90. The van der Waals surface area contributed by atoms with Crippen LogP contribution >= 0.6 is 0 Å². The summed E-state index contributed by atoms with van der Waals surface area (Å²) in [5.41, 5.74) is 3.61. The highest BCUT2D eigenvalue weighted by atomic mass is 16.5. The van der Waals surface area contributed by atoms with Crippen LogP contribution in [0, 0.1) is 6.92 Å². The largest absolute Gasteiger partial charge is 0.497 e. The van der Waals surface area contributed by atoms with E-state index in [9.17, 15) is 0 Å². The molecule has 5 heteroatoms. The Balaban J connectivity index is 1.60. The fraction of sp³-hybridized carbons (Fsp3) is 0.222. The number of benzene rings is 2. The van der Waals surface area contributed by atoms with Gasteiger partial charge >= 0.3 is 0 Å². The summed E-state index contributed by atoms with van der Waals surface area (Å²) in [4.78, 5) is 0. The molecular weight excluding hydrogens is 288 g/mol. The quantitative estimate of drug-likeness (QED) is 0.759. The van der Waals surface area contributed by atoms with Crippen LogP contribution < -0.4 is 10.1 Å². The summed E-state index contributed by atoms with van der Waals surface area (Å²) in [5.74, 6) is 1.60. The molecule has 3 aromatic rings. The van der Waals surface area contributed by atoms with Gasteiger partial charge in [0.25, 0.3) is 0 Å². The number of hydrogen-bond donors (Lipinski definition) is 1. The van der Waals surface area contributed by atoms with Crippen molar-refractivity contribution in [1.82, 2.24) is 15.0 Å². The number of methoxy groups -OCH3 is 1. The minimum Gasteiger partial charge on any atom is -0.497 e. The summed E-state index contributed by atoms with van der Waals surface area (Å²) in [7, 11) is 1.65. The number of ether oxygens (including phenoxy) is 1. The Kier molecular flexibility index (Phi) is 4.57. The van der Waals surface area contributed by atoms with Crippen LogP contribution in [-0.4, -0.2) is 28.6 Å². The van der Waals surface area contributed by atoms with E-state index in [2.05, 4.69) is 46.8 Å². The Labute approximate surface area is 135 Å². The second-order valence-electron chi connectivity index (χ2n) is 5.35. The molecule has 0 saturated heterocycles. The molecular formula is C18H20N4O. The molecule has 1 aromatic heterocycles. The van der Waals surface area contributed by atoms with E-state index >= 15 is 0 Å². The Morgan fingerprint density at radius 2 is 1.87 bits per heavy atom. The van der Waals surface area contributed by atoms with Gasteiger partial charge in [0.2, 0.25) is 0 Å². The molecule has 0 atom stereocenters. The molecule has 5 nitrogen and oxygen atoms in total. The Morgan fingerprint density at radius 3 is 2.61 bits per heavy atom. The number of aromatic nitrogens is 3. The second-order valence-corrected chi connectivity index (χ2v) is 5.35. The SMILES string of the molecule is COc1ccc(-n2cc(NCCc3ccccc3C)nn2)cc1. The number of nitrogens with one attached hydrogen (secondary N) is 1. The number of hydrogen-bond acceptors (Lipinski definition) is 4. The van der Waals surface area contributed by atoms with Crippen molar-refractivity contribution in [3.05, 3.63) is 65.9 Å². The van der Waals surface area contributed by atoms with Crippen LogP contribution in [0.15, 0.2) is 54.7 Å². The number of aryl methyl sites for hydroxylation is 1. The lowest BCUT2D eigenvalue weighted by Gasteiger charge is -2.05. The zero-order valence-corrected chi connectivity index (χ0v) is 13.4. The van der Waals surface area contributed by atoms with E-state index in [1.54, 1.807) is 11.8 Å². The molecule has 0 aliphatic carbocycles. The lowest BCUT2D eigenvalue weighted by atomic mass is 10.1. The van der Waals surface area contributed by atoms with Gasteiger partial charge in [-0.15, -0.1) is 5.10 Å². The predicted molar refractivity (Wildman–Crippen MR) is 91.3 cm³/mol. The monoisotopic (exact) mass is 308 g/mol. The standard InChI is InChI=1S/C18H20N4O/c1-14-5-3-4-6-15(14)11-12-19-18-13-22(21-20-18)16-7-9-17(23-2)10-8-16/h3-10,13,19H,11-12H2,1-2H3. The maximum atomic E-state index is 5.16. The summed E-state index contributed by atoms with van der Waals surface area (Å²) >= 11 is 0. The number of rotatable bonds is 6. The van der Waals surface area contributed by atoms with E-state index in [-0.39, 0.29) is 0 Å². The summed E-state index contributed by atoms with van der Waals surface area (Å²) in [6.07, 6.45) is 2.85. The van der Waals surface area contributed by atoms with E-state index in [0.717, 1.165) is 30.2 Å². The number of anilines is 1. The van der Waals surface area contributed by atoms with Crippen LogP contribution in [-0.2, 0) is 6.42 Å². The third-order valence-corrected chi connectivity index (χ3v) is 3.79. The first kappa shape index (κ1) is 15.1. The van der Waals surface area contributed by atoms with Gasteiger partial charge in [0.05, 0.1) is 19.0 Å². The van der Waals surface area contributed by atoms with Gasteiger partial charge in [-0.2, -0.15) is 0 Å². The Morgan fingerprint density at radius 1 is 1.09 bits per heavy atom. The van der Waals surface area contributed by atoms with Crippen LogP contribution in [0.2, 0.25) is 0 Å². The maximum absolute atomic E-state index is 5.16. The first-order valence-electron chi connectivity index (χ1n) is 7.61. The van der Waals surface area contributed by atoms with Crippen molar-refractivity contribution in [1.29, 1.82) is 0 Å². The third kappa shape index (κ3) is 3.69. The molecule has 0 radical (unpaired) electrons. The van der Waals surface area contributed by atoms with Crippen LogP contribution in [0.3, 0.4) is 0 Å². The average Bonchev–Trinajstić information content (AvgIpc) is 3.06. The molecule has 1 heterocycles. The number of nitrogens with zero attached hydrogens (tertiary/aromatic N) is 3. The minimum absolute atomic E-state index is 0.773. The zero-order valence-electron chi connectivity index (χ0n) is 13.4. The second kappa shape index (κ2) is 6.96. The van der Waals surface area contributed by atoms with E-state index in [1.165, 1.54) is 11.1 Å². The Hall–Kier alpha value is -2.82. The van der Waals surface area contributed by atoms with Crippen LogP contribution in [0.25, 0.3) is 5.69 Å².